The van der Waals surface area contributed by atoms with Gasteiger partial charge in [-0.25, -0.2) is 4.39 Å². The van der Waals surface area contributed by atoms with E-state index in [2.05, 4.69) is 32.3 Å². The molecule has 0 aliphatic rings. The summed E-state index contributed by atoms with van der Waals surface area (Å²) in [5.41, 5.74) is 2.20. The monoisotopic (exact) mass is 245 g/mol. The smallest absolute Gasteiger partial charge is 0.129 e. The van der Waals surface area contributed by atoms with Gasteiger partial charge in [0.1, 0.15) is 5.82 Å². The van der Waals surface area contributed by atoms with Crippen molar-refractivity contribution in [3.05, 3.63) is 42.0 Å². The number of hydrogen-bond acceptors (Lipinski definition) is 4. The van der Waals surface area contributed by atoms with Crippen LogP contribution in [-0.4, -0.2) is 15.1 Å². The minimum absolute atomic E-state index is 0.294. The van der Waals surface area contributed by atoms with Crippen molar-refractivity contribution >= 4 is 23.1 Å². The van der Waals surface area contributed by atoms with Crippen LogP contribution in [0.4, 0.5) is 10.1 Å². The van der Waals surface area contributed by atoms with Gasteiger partial charge < -0.3 is 0 Å². The first-order chi connectivity index (χ1) is 8.20. The second kappa shape index (κ2) is 4.91. The molecule has 0 saturated carbocycles. The normalized spacial score (nSPS) is 9.76. The molecule has 0 aliphatic carbocycles. The van der Waals surface area contributed by atoms with Crippen LogP contribution in [0.15, 0.2) is 35.6 Å². The van der Waals surface area contributed by atoms with Gasteiger partial charge in [0, 0.05) is 17.8 Å². The van der Waals surface area contributed by atoms with E-state index in [-0.39, 0.29) is 5.82 Å². The lowest BCUT2D eigenvalue weighted by atomic mass is 10.2. The van der Waals surface area contributed by atoms with Gasteiger partial charge in [0.05, 0.1) is 28.4 Å². The maximum atomic E-state index is 13.4. The van der Waals surface area contributed by atoms with E-state index in [1.54, 1.807) is 19.1 Å². The molecule has 3 nitrogen and oxygen atoms in total. The molecule has 5 heteroatoms. The topological polar surface area (TPSA) is 38.1 Å². The van der Waals surface area contributed by atoms with Crippen LogP contribution in [0.3, 0.4) is 0 Å². The highest BCUT2D eigenvalue weighted by molar-refractivity contribution is 7.78. The second-order valence-electron chi connectivity index (χ2n) is 3.42. The van der Waals surface area contributed by atoms with Gasteiger partial charge in [-0.1, -0.05) is 0 Å². The van der Waals surface area contributed by atoms with Gasteiger partial charge in [0.2, 0.25) is 0 Å². The molecular weight excluding hydrogens is 237 g/mol. The van der Waals surface area contributed by atoms with Crippen molar-refractivity contribution in [2.75, 3.05) is 0 Å². The number of isothiocyanates is 1. The minimum Gasteiger partial charge on any atom is -0.254 e. The fraction of sp³-hybridized carbons (Fsp3) is 0.0833. The largest absolute Gasteiger partial charge is 0.254 e. The van der Waals surface area contributed by atoms with Gasteiger partial charge in [0.25, 0.3) is 0 Å². The molecule has 2 rings (SSSR count). The molecule has 0 N–H and O–H groups in total. The van der Waals surface area contributed by atoms with E-state index in [4.69, 9.17) is 0 Å². The lowest BCUT2D eigenvalue weighted by Gasteiger charge is -2.01. The summed E-state index contributed by atoms with van der Waals surface area (Å²) < 4.78 is 13.4. The Labute approximate surface area is 103 Å². The van der Waals surface area contributed by atoms with E-state index in [1.807, 2.05) is 0 Å². The summed E-state index contributed by atoms with van der Waals surface area (Å²) in [5, 5.41) is 2.25. The summed E-state index contributed by atoms with van der Waals surface area (Å²) in [7, 11) is 0. The predicted molar refractivity (Wildman–Crippen MR) is 66.8 cm³/mol. The molecule has 0 fully saturated rings. The maximum absolute atomic E-state index is 13.4. The van der Waals surface area contributed by atoms with E-state index in [9.17, 15) is 4.39 Å². The van der Waals surface area contributed by atoms with E-state index in [0.29, 0.717) is 22.6 Å². The minimum atomic E-state index is -0.294. The van der Waals surface area contributed by atoms with Crippen LogP contribution in [0.25, 0.3) is 11.4 Å². The Kier molecular flexibility index (Phi) is 3.32. The number of thiocarbonyl (C=S) groups is 1. The first kappa shape index (κ1) is 11.5. The third kappa shape index (κ3) is 2.58. The summed E-state index contributed by atoms with van der Waals surface area (Å²) in [4.78, 5) is 12.0. The summed E-state index contributed by atoms with van der Waals surface area (Å²) in [5.74, 6) is -0.294. The number of rotatable bonds is 2. The zero-order valence-electron chi connectivity index (χ0n) is 9.01. The van der Waals surface area contributed by atoms with Crippen molar-refractivity contribution in [1.82, 2.24) is 9.97 Å². The summed E-state index contributed by atoms with van der Waals surface area (Å²) in [6.45, 7) is 1.66. The number of aryl methyl sites for hydroxylation is 1. The molecule has 0 radical (unpaired) electrons. The first-order valence-corrected chi connectivity index (χ1v) is 5.28. The maximum Gasteiger partial charge on any atom is 0.129 e. The van der Waals surface area contributed by atoms with Gasteiger partial charge in [-0.3, -0.25) is 9.97 Å². The van der Waals surface area contributed by atoms with Gasteiger partial charge >= 0.3 is 0 Å². The molecule has 2 aromatic rings. The van der Waals surface area contributed by atoms with Gasteiger partial charge in [-0.15, -0.1) is 0 Å². The SMILES string of the molecule is Cc1cnc(-c2ccc(N=C=S)cn2)cc1F. The van der Waals surface area contributed by atoms with Gasteiger partial charge in [0.15, 0.2) is 0 Å². The van der Waals surface area contributed by atoms with E-state index < -0.39 is 0 Å². The zero-order chi connectivity index (χ0) is 12.3. The summed E-state index contributed by atoms with van der Waals surface area (Å²) in [6, 6.07) is 4.80. The highest BCUT2D eigenvalue weighted by Crippen LogP contribution is 2.19. The number of nitrogens with zero attached hydrogens (tertiary/aromatic N) is 3. The summed E-state index contributed by atoms with van der Waals surface area (Å²) >= 11 is 4.49. The van der Waals surface area contributed by atoms with E-state index in [1.165, 1.54) is 18.5 Å². The van der Waals surface area contributed by atoms with Crippen LogP contribution in [0.2, 0.25) is 0 Å². The Morgan fingerprint density at radius 2 is 2.00 bits per heavy atom. The highest BCUT2D eigenvalue weighted by Gasteiger charge is 2.04. The van der Waals surface area contributed by atoms with Crippen LogP contribution in [0.1, 0.15) is 5.56 Å². The first-order valence-electron chi connectivity index (χ1n) is 4.87. The quantitative estimate of drug-likeness (QED) is 0.601. The molecule has 0 bridgehead atoms. The molecule has 2 heterocycles. The van der Waals surface area contributed by atoms with E-state index >= 15 is 0 Å². The second-order valence-corrected chi connectivity index (χ2v) is 3.61. The third-order valence-electron chi connectivity index (χ3n) is 2.22. The van der Waals surface area contributed by atoms with Crippen LogP contribution in [0.5, 0.6) is 0 Å². The molecule has 0 unspecified atom stereocenters. The Balaban J connectivity index is 2.39. The van der Waals surface area contributed by atoms with E-state index in [0.717, 1.165) is 0 Å². The van der Waals surface area contributed by atoms with Crippen LogP contribution in [0, 0.1) is 12.7 Å². The molecule has 0 aromatic carbocycles. The Hall–Kier alpha value is -1.97. The highest BCUT2D eigenvalue weighted by atomic mass is 32.1. The molecule has 0 spiro atoms. The average Bonchev–Trinajstić information content (AvgIpc) is 2.34. The molecule has 17 heavy (non-hydrogen) atoms. The molecule has 2 aromatic heterocycles. The van der Waals surface area contributed by atoms with Crippen molar-refractivity contribution in [2.45, 2.75) is 6.92 Å². The zero-order valence-corrected chi connectivity index (χ0v) is 9.83. The van der Waals surface area contributed by atoms with Gasteiger partial charge in [-0.05, 0) is 31.3 Å². The molecule has 0 amide bonds. The van der Waals surface area contributed by atoms with Crippen molar-refractivity contribution in [1.29, 1.82) is 0 Å². The lowest BCUT2D eigenvalue weighted by molar-refractivity contribution is 0.616. The van der Waals surface area contributed by atoms with Crippen molar-refractivity contribution < 1.29 is 4.39 Å². The Morgan fingerprint density at radius 1 is 1.24 bits per heavy atom. The number of halogens is 1. The molecule has 84 valence electrons. The third-order valence-corrected chi connectivity index (χ3v) is 2.31. The Bertz CT molecular complexity index is 589. The standard InChI is InChI=1S/C12H8FN3S/c1-8-5-14-12(4-10(8)13)11-3-2-9(6-15-11)16-7-17/h2-6H,1H3. The molecular formula is C12H8FN3S. The fourth-order valence-electron chi connectivity index (χ4n) is 1.30. The van der Waals surface area contributed by atoms with Gasteiger partial charge in [-0.2, -0.15) is 4.99 Å². The number of pyridine rings is 2. The number of aromatic nitrogens is 2. The summed E-state index contributed by atoms with van der Waals surface area (Å²) in [6.07, 6.45) is 3.02. The van der Waals surface area contributed by atoms with Crippen LogP contribution in [-0.2, 0) is 0 Å². The fourth-order valence-corrected chi connectivity index (χ4v) is 1.40. The van der Waals surface area contributed by atoms with Crippen LogP contribution >= 0.6 is 12.2 Å². The van der Waals surface area contributed by atoms with Crippen molar-refractivity contribution in [3.63, 3.8) is 0 Å². The van der Waals surface area contributed by atoms with Crippen molar-refractivity contribution in [2.24, 2.45) is 4.99 Å². The molecule has 0 aliphatic heterocycles. The predicted octanol–water partition coefficient (Wildman–Crippen LogP) is 3.33. The van der Waals surface area contributed by atoms with Crippen molar-refractivity contribution in [3.8, 4) is 11.4 Å². The Morgan fingerprint density at radius 3 is 2.59 bits per heavy atom. The lowest BCUT2D eigenvalue weighted by Crippen LogP contribution is -1.90. The number of aliphatic imine (C=N–C) groups is 1. The number of hydrogen-bond donors (Lipinski definition) is 0. The molecule has 0 atom stereocenters. The van der Waals surface area contributed by atoms with Crippen LogP contribution < -0.4 is 0 Å². The average molecular weight is 245 g/mol. The molecule has 0 saturated heterocycles.